The van der Waals surface area contributed by atoms with Crippen molar-refractivity contribution < 1.29 is 19.3 Å². The zero-order valence-corrected chi connectivity index (χ0v) is 12.2. The fourth-order valence-corrected chi connectivity index (χ4v) is 1.97. The SMILES string of the molecule is CCCC(C)COc1c(OC)cc(CO)cc1OC. The van der Waals surface area contributed by atoms with Crippen LogP contribution >= 0.6 is 0 Å². The molecule has 0 spiro atoms. The van der Waals surface area contributed by atoms with Gasteiger partial charge in [0.1, 0.15) is 0 Å². The number of rotatable bonds is 8. The van der Waals surface area contributed by atoms with E-state index in [2.05, 4.69) is 13.8 Å². The number of aliphatic hydroxyl groups is 1. The summed E-state index contributed by atoms with van der Waals surface area (Å²) in [4.78, 5) is 0. The van der Waals surface area contributed by atoms with Gasteiger partial charge in [0, 0.05) is 0 Å². The molecular formula is C15H24O4. The van der Waals surface area contributed by atoms with Gasteiger partial charge in [-0.2, -0.15) is 0 Å². The molecule has 0 saturated heterocycles. The Kier molecular flexibility index (Phi) is 6.50. The lowest BCUT2D eigenvalue weighted by atomic mass is 10.1. The maximum absolute atomic E-state index is 9.20. The van der Waals surface area contributed by atoms with Gasteiger partial charge in [-0.25, -0.2) is 0 Å². The largest absolute Gasteiger partial charge is 0.493 e. The van der Waals surface area contributed by atoms with Gasteiger partial charge in [0.15, 0.2) is 11.5 Å². The smallest absolute Gasteiger partial charge is 0.203 e. The number of methoxy groups -OCH3 is 2. The molecule has 0 radical (unpaired) electrons. The van der Waals surface area contributed by atoms with E-state index in [4.69, 9.17) is 14.2 Å². The molecule has 1 rings (SSSR count). The highest BCUT2D eigenvalue weighted by Gasteiger charge is 2.15. The normalized spacial score (nSPS) is 12.1. The van der Waals surface area contributed by atoms with Crippen molar-refractivity contribution in [2.75, 3.05) is 20.8 Å². The lowest BCUT2D eigenvalue weighted by Gasteiger charge is -2.18. The van der Waals surface area contributed by atoms with Gasteiger partial charge in [0.2, 0.25) is 5.75 Å². The number of aliphatic hydroxyl groups excluding tert-OH is 1. The van der Waals surface area contributed by atoms with Crippen molar-refractivity contribution >= 4 is 0 Å². The third-order valence-corrected chi connectivity index (χ3v) is 3.00. The number of hydrogen-bond donors (Lipinski definition) is 1. The number of ether oxygens (including phenoxy) is 3. The Bertz CT molecular complexity index is 365. The van der Waals surface area contributed by atoms with E-state index >= 15 is 0 Å². The van der Waals surface area contributed by atoms with Crippen LogP contribution in [0.1, 0.15) is 32.3 Å². The lowest BCUT2D eigenvalue weighted by Crippen LogP contribution is -2.10. The molecule has 1 unspecified atom stereocenters. The molecule has 4 heteroatoms. The standard InChI is InChI=1S/C15H24O4/c1-5-6-11(2)10-19-15-13(17-3)7-12(9-16)8-14(15)18-4/h7-8,11,16H,5-6,9-10H2,1-4H3. The second kappa shape index (κ2) is 7.89. The fourth-order valence-electron chi connectivity index (χ4n) is 1.97. The Labute approximate surface area is 115 Å². The van der Waals surface area contributed by atoms with E-state index in [1.54, 1.807) is 26.4 Å². The minimum atomic E-state index is -0.0563. The van der Waals surface area contributed by atoms with Crippen LogP contribution in [0.3, 0.4) is 0 Å². The predicted molar refractivity (Wildman–Crippen MR) is 75.0 cm³/mol. The molecule has 0 aliphatic rings. The van der Waals surface area contributed by atoms with Crippen molar-refractivity contribution in [1.29, 1.82) is 0 Å². The summed E-state index contributed by atoms with van der Waals surface area (Å²) in [6.07, 6.45) is 2.27. The van der Waals surface area contributed by atoms with Gasteiger partial charge in [-0.05, 0) is 30.0 Å². The van der Waals surface area contributed by atoms with Crippen LogP contribution in [0.5, 0.6) is 17.2 Å². The van der Waals surface area contributed by atoms with Crippen LogP contribution in [0.4, 0.5) is 0 Å². The molecule has 0 saturated carbocycles. The first-order chi connectivity index (χ1) is 9.15. The third-order valence-electron chi connectivity index (χ3n) is 3.00. The minimum Gasteiger partial charge on any atom is -0.493 e. The molecule has 0 aliphatic heterocycles. The lowest BCUT2D eigenvalue weighted by molar-refractivity contribution is 0.228. The van der Waals surface area contributed by atoms with Gasteiger partial charge in [0.05, 0.1) is 27.4 Å². The van der Waals surface area contributed by atoms with Crippen LogP contribution in [-0.4, -0.2) is 25.9 Å². The van der Waals surface area contributed by atoms with E-state index in [9.17, 15) is 5.11 Å². The van der Waals surface area contributed by atoms with Gasteiger partial charge in [-0.1, -0.05) is 20.3 Å². The van der Waals surface area contributed by atoms with E-state index in [1.807, 2.05) is 0 Å². The first-order valence-electron chi connectivity index (χ1n) is 6.64. The van der Waals surface area contributed by atoms with E-state index in [1.165, 1.54) is 0 Å². The van der Waals surface area contributed by atoms with E-state index in [-0.39, 0.29) is 6.61 Å². The van der Waals surface area contributed by atoms with Gasteiger partial charge in [-0.3, -0.25) is 0 Å². The third kappa shape index (κ3) is 4.31. The average Bonchev–Trinajstić information content (AvgIpc) is 2.44. The molecule has 1 aromatic carbocycles. The Balaban J connectivity index is 2.90. The molecule has 1 atom stereocenters. The Morgan fingerprint density at radius 1 is 1.16 bits per heavy atom. The molecule has 4 nitrogen and oxygen atoms in total. The Hall–Kier alpha value is -1.42. The zero-order chi connectivity index (χ0) is 14.3. The topological polar surface area (TPSA) is 47.9 Å². The van der Waals surface area contributed by atoms with Crippen molar-refractivity contribution in [3.8, 4) is 17.2 Å². The van der Waals surface area contributed by atoms with Crippen molar-refractivity contribution in [2.24, 2.45) is 5.92 Å². The molecule has 1 aromatic rings. The van der Waals surface area contributed by atoms with Crippen LogP contribution in [-0.2, 0) is 6.61 Å². The van der Waals surface area contributed by atoms with Gasteiger partial charge in [-0.15, -0.1) is 0 Å². The van der Waals surface area contributed by atoms with Crippen LogP contribution in [0, 0.1) is 5.92 Å². The highest BCUT2D eigenvalue weighted by molar-refractivity contribution is 5.53. The second-order valence-corrected chi connectivity index (χ2v) is 4.69. The molecule has 108 valence electrons. The summed E-state index contributed by atoms with van der Waals surface area (Å²) in [5.41, 5.74) is 0.739. The van der Waals surface area contributed by atoms with Crippen molar-refractivity contribution in [3.05, 3.63) is 17.7 Å². The summed E-state index contributed by atoms with van der Waals surface area (Å²) in [5.74, 6) is 2.27. The van der Waals surface area contributed by atoms with E-state index in [0.717, 1.165) is 18.4 Å². The highest BCUT2D eigenvalue weighted by Crippen LogP contribution is 2.38. The summed E-state index contributed by atoms with van der Waals surface area (Å²) in [5, 5.41) is 9.20. The number of benzene rings is 1. The van der Waals surface area contributed by atoms with Crippen LogP contribution in [0.25, 0.3) is 0 Å². The Morgan fingerprint density at radius 2 is 1.74 bits per heavy atom. The van der Waals surface area contributed by atoms with Crippen LogP contribution < -0.4 is 14.2 Å². The first kappa shape index (κ1) is 15.6. The van der Waals surface area contributed by atoms with Crippen molar-refractivity contribution in [2.45, 2.75) is 33.3 Å². The summed E-state index contributed by atoms with van der Waals surface area (Å²) in [6, 6.07) is 3.53. The van der Waals surface area contributed by atoms with Crippen molar-refractivity contribution in [1.82, 2.24) is 0 Å². The summed E-state index contributed by atoms with van der Waals surface area (Å²) >= 11 is 0. The quantitative estimate of drug-likeness (QED) is 0.787. The molecule has 0 aromatic heterocycles. The van der Waals surface area contributed by atoms with E-state index < -0.39 is 0 Å². The van der Waals surface area contributed by atoms with Crippen molar-refractivity contribution in [3.63, 3.8) is 0 Å². The van der Waals surface area contributed by atoms with E-state index in [0.29, 0.717) is 29.8 Å². The summed E-state index contributed by atoms with van der Waals surface area (Å²) in [7, 11) is 3.16. The molecular weight excluding hydrogens is 244 g/mol. The molecule has 0 heterocycles. The maximum Gasteiger partial charge on any atom is 0.203 e. The average molecular weight is 268 g/mol. The molecule has 0 amide bonds. The van der Waals surface area contributed by atoms with Crippen LogP contribution in [0.2, 0.25) is 0 Å². The minimum absolute atomic E-state index is 0.0563. The van der Waals surface area contributed by atoms with Crippen LogP contribution in [0.15, 0.2) is 12.1 Å². The monoisotopic (exact) mass is 268 g/mol. The molecule has 19 heavy (non-hydrogen) atoms. The molecule has 1 N–H and O–H groups in total. The number of hydrogen-bond acceptors (Lipinski definition) is 4. The second-order valence-electron chi connectivity index (χ2n) is 4.69. The zero-order valence-electron chi connectivity index (χ0n) is 12.2. The first-order valence-corrected chi connectivity index (χ1v) is 6.64. The molecule has 0 fully saturated rings. The molecule has 0 bridgehead atoms. The van der Waals surface area contributed by atoms with Gasteiger partial charge in [0.25, 0.3) is 0 Å². The van der Waals surface area contributed by atoms with Gasteiger partial charge < -0.3 is 19.3 Å². The Morgan fingerprint density at radius 3 is 2.16 bits per heavy atom. The molecule has 0 aliphatic carbocycles. The van der Waals surface area contributed by atoms with Gasteiger partial charge >= 0.3 is 0 Å². The summed E-state index contributed by atoms with van der Waals surface area (Å²) < 4.78 is 16.4. The maximum atomic E-state index is 9.20. The fraction of sp³-hybridized carbons (Fsp3) is 0.600. The predicted octanol–water partition coefficient (Wildman–Crippen LogP) is 3.01. The highest BCUT2D eigenvalue weighted by atomic mass is 16.5. The summed E-state index contributed by atoms with van der Waals surface area (Å²) in [6.45, 7) is 4.89.